The molecular formula is C9H14N4. The molecule has 1 N–H and O–H groups in total. The van der Waals surface area contributed by atoms with E-state index in [0.717, 1.165) is 17.9 Å². The van der Waals surface area contributed by atoms with Crippen LogP contribution in [0, 0.1) is 6.92 Å². The van der Waals surface area contributed by atoms with Crippen molar-refractivity contribution in [2.45, 2.75) is 13.8 Å². The Morgan fingerprint density at radius 3 is 2.54 bits per heavy atom. The van der Waals surface area contributed by atoms with Gasteiger partial charge in [-0.15, -0.1) is 0 Å². The molecule has 0 radical (unpaired) electrons. The number of aryl methyl sites for hydroxylation is 1. The van der Waals surface area contributed by atoms with E-state index in [2.05, 4.69) is 20.3 Å². The molecular weight excluding hydrogens is 164 g/mol. The van der Waals surface area contributed by atoms with Crippen molar-refractivity contribution in [1.82, 2.24) is 15.3 Å². The topological polar surface area (TPSA) is 50.2 Å². The normalized spacial score (nSPS) is 11.5. The SMILES string of the molecule is CCNC(=NC)c1ncc(C)cn1. The van der Waals surface area contributed by atoms with Crippen LogP contribution in [0.2, 0.25) is 0 Å². The molecule has 13 heavy (non-hydrogen) atoms. The van der Waals surface area contributed by atoms with Crippen LogP contribution in [-0.2, 0) is 0 Å². The molecule has 0 saturated carbocycles. The van der Waals surface area contributed by atoms with Gasteiger partial charge in [0, 0.05) is 26.0 Å². The fourth-order valence-electron chi connectivity index (χ4n) is 0.940. The molecule has 0 amide bonds. The Kier molecular flexibility index (Phi) is 3.37. The Labute approximate surface area is 78.1 Å². The Morgan fingerprint density at radius 1 is 1.46 bits per heavy atom. The lowest BCUT2D eigenvalue weighted by molar-refractivity contribution is 0.938. The molecule has 0 spiro atoms. The zero-order chi connectivity index (χ0) is 9.68. The van der Waals surface area contributed by atoms with Crippen LogP contribution in [0.1, 0.15) is 18.3 Å². The van der Waals surface area contributed by atoms with Crippen LogP contribution in [-0.4, -0.2) is 29.4 Å². The highest BCUT2D eigenvalue weighted by Gasteiger charge is 2.02. The second kappa shape index (κ2) is 4.54. The van der Waals surface area contributed by atoms with Crippen LogP contribution in [0.5, 0.6) is 0 Å². The van der Waals surface area contributed by atoms with E-state index in [0.29, 0.717) is 5.82 Å². The maximum absolute atomic E-state index is 4.16. The Bertz CT molecular complexity index is 289. The number of rotatable bonds is 2. The molecule has 4 nitrogen and oxygen atoms in total. The second-order valence-corrected chi connectivity index (χ2v) is 2.69. The lowest BCUT2D eigenvalue weighted by Gasteiger charge is -2.04. The van der Waals surface area contributed by atoms with Crippen molar-refractivity contribution in [2.75, 3.05) is 13.6 Å². The molecule has 0 aliphatic heterocycles. The Morgan fingerprint density at radius 2 is 2.08 bits per heavy atom. The largest absolute Gasteiger partial charge is 0.368 e. The van der Waals surface area contributed by atoms with E-state index in [9.17, 15) is 0 Å². The quantitative estimate of drug-likeness (QED) is 0.537. The van der Waals surface area contributed by atoms with Crippen molar-refractivity contribution in [3.05, 3.63) is 23.8 Å². The van der Waals surface area contributed by atoms with E-state index >= 15 is 0 Å². The van der Waals surface area contributed by atoms with Gasteiger partial charge in [-0.1, -0.05) is 0 Å². The molecule has 0 aliphatic rings. The minimum Gasteiger partial charge on any atom is -0.368 e. The molecule has 0 aromatic carbocycles. The molecule has 0 atom stereocenters. The molecule has 0 saturated heterocycles. The third kappa shape index (κ3) is 2.50. The first-order valence-corrected chi connectivity index (χ1v) is 4.27. The van der Waals surface area contributed by atoms with E-state index in [1.165, 1.54) is 0 Å². The summed E-state index contributed by atoms with van der Waals surface area (Å²) >= 11 is 0. The highest BCUT2D eigenvalue weighted by Crippen LogP contribution is 1.93. The van der Waals surface area contributed by atoms with Crippen molar-refractivity contribution in [3.63, 3.8) is 0 Å². The smallest absolute Gasteiger partial charge is 0.194 e. The van der Waals surface area contributed by atoms with Crippen LogP contribution in [0.15, 0.2) is 17.4 Å². The molecule has 1 aromatic rings. The number of amidine groups is 1. The number of hydrogen-bond acceptors (Lipinski definition) is 3. The zero-order valence-electron chi connectivity index (χ0n) is 8.20. The summed E-state index contributed by atoms with van der Waals surface area (Å²) in [6.45, 7) is 4.79. The summed E-state index contributed by atoms with van der Waals surface area (Å²) < 4.78 is 0. The average molecular weight is 178 g/mol. The molecule has 0 aliphatic carbocycles. The second-order valence-electron chi connectivity index (χ2n) is 2.69. The van der Waals surface area contributed by atoms with Gasteiger partial charge in [-0.05, 0) is 19.4 Å². The highest BCUT2D eigenvalue weighted by molar-refractivity contribution is 5.95. The van der Waals surface area contributed by atoms with Gasteiger partial charge in [0.15, 0.2) is 11.7 Å². The van der Waals surface area contributed by atoms with E-state index < -0.39 is 0 Å². The molecule has 70 valence electrons. The molecule has 0 unspecified atom stereocenters. The van der Waals surface area contributed by atoms with Crippen molar-refractivity contribution in [2.24, 2.45) is 4.99 Å². The highest BCUT2D eigenvalue weighted by atomic mass is 15.0. The van der Waals surface area contributed by atoms with Crippen LogP contribution in [0.25, 0.3) is 0 Å². The van der Waals surface area contributed by atoms with Gasteiger partial charge in [0.25, 0.3) is 0 Å². The van der Waals surface area contributed by atoms with Gasteiger partial charge in [-0.3, -0.25) is 4.99 Å². The maximum atomic E-state index is 4.16. The average Bonchev–Trinajstić information content (AvgIpc) is 2.16. The predicted molar refractivity (Wildman–Crippen MR) is 52.9 cm³/mol. The molecule has 1 rings (SSSR count). The fraction of sp³-hybridized carbons (Fsp3) is 0.444. The van der Waals surface area contributed by atoms with E-state index in [1.54, 1.807) is 19.4 Å². The maximum Gasteiger partial charge on any atom is 0.194 e. The third-order valence-electron chi connectivity index (χ3n) is 1.56. The molecule has 1 heterocycles. The van der Waals surface area contributed by atoms with Crippen molar-refractivity contribution < 1.29 is 0 Å². The van der Waals surface area contributed by atoms with Crippen molar-refractivity contribution in [1.29, 1.82) is 0 Å². The predicted octanol–water partition coefficient (Wildman–Crippen LogP) is 0.771. The number of nitrogens with zero attached hydrogens (tertiary/aromatic N) is 3. The molecule has 1 aromatic heterocycles. The summed E-state index contributed by atoms with van der Waals surface area (Å²) in [6.07, 6.45) is 3.57. The summed E-state index contributed by atoms with van der Waals surface area (Å²) in [7, 11) is 1.72. The monoisotopic (exact) mass is 178 g/mol. The number of hydrogen-bond donors (Lipinski definition) is 1. The number of aromatic nitrogens is 2. The van der Waals surface area contributed by atoms with Crippen LogP contribution >= 0.6 is 0 Å². The van der Waals surface area contributed by atoms with Gasteiger partial charge in [-0.25, -0.2) is 9.97 Å². The van der Waals surface area contributed by atoms with Gasteiger partial charge in [0.2, 0.25) is 0 Å². The van der Waals surface area contributed by atoms with Crippen LogP contribution in [0.3, 0.4) is 0 Å². The number of nitrogens with one attached hydrogen (secondary N) is 1. The summed E-state index contributed by atoms with van der Waals surface area (Å²) in [5.74, 6) is 1.39. The van der Waals surface area contributed by atoms with Gasteiger partial charge < -0.3 is 5.32 Å². The minimum atomic E-state index is 0.648. The lowest BCUT2D eigenvalue weighted by atomic mass is 10.4. The zero-order valence-corrected chi connectivity index (χ0v) is 8.20. The van der Waals surface area contributed by atoms with E-state index in [1.807, 2.05) is 13.8 Å². The summed E-state index contributed by atoms with van der Waals surface area (Å²) in [5, 5.41) is 3.09. The standard InChI is InChI=1S/C9H14N4/c1-4-11-8(10-3)9-12-5-7(2)6-13-9/h5-6H,4H2,1-3H3,(H,10,11). The molecule has 0 bridgehead atoms. The van der Waals surface area contributed by atoms with E-state index in [-0.39, 0.29) is 0 Å². The first-order chi connectivity index (χ1) is 6.27. The van der Waals surface area contributed by atoms with Gasteiger partial charge in [0.05, 0.1) is 0 Å². The lowest BCUT2D eigenvalue weighted by Crippen LogP contribution is -2.26. The first kappa shape index (κ1) is 9.64. The van der Waals surface area contributed by atoms with Crippen LogP contribution in [0.4, 0.5) is 0 Å². The van der Waals surface area contributed by atoms with Gasteiger partial charge in [0.1, 0.15) is 0 Å². The third-order valence-corrected chi connectivity index (χ3v) is 1.56. The summed E-state index contributed by atoms with van der Waals surface area (Å²) in [5.41, 5.74) is 1.05. The van der Waals surface area contributed by atoms with Gasteiger partial charge in [-0.2, -0.15) is 0 Å². The summed E-state index contributed by atoms with van der Waals surface area (Å²) in [6, 6.07) is 0. The number of aliphatic imine (C=N–C) groups is 1. The molecule has 0 fully saturated rings. The molecule has 4 heteroatoms. The Hall–Kier alpha value is -1.45. The fourth-order valence-corrected chi connectivity index (χ4v) is 0.940. The Balaban J connectivity index is 2.87. The van der Waals surface area contributed by atoms with E-state index in [4.69, 9.17) is 0 Å². The van der Waals surface area contributed by atoms with Gasteiger partial charge >= 0.3 is 0 Å². The summed E-state index contributed by atoms with van der Waals surface area (Å²) in [4.78, 5) is 12.4. The van der Waals surface area contributed by atoms with Crippen LogP contribution < -0.4 is 5.32 Å². The minimum absolute atomic E-state index is 0.648. The van der Waals surface area contributed by atoms with Crippen molar-refractivity contribution in [3.8, 4) is 0 Å². The first-order valence-electron chi connectivity index (χ1n) is 4.27. The van der Waals surface area contributed by atoms with Crippen molar-refractivity contribution >= 4 is 5.84 Å².